The van der Waals surface area contributed by atoms with E-state index in [0.717, 1.165) is 24.6 Å². The fourth-order valence-electron chi connectivity index (χ4n) is 1.71. The maximum Gasteiger partial charge on any atom is 0.330 e. The van der Waals surface area contributed by atoms with Crippen molar-refractivity contribution in [1.29, 1.82) is 0 Å². The van der Waals surface area contributed by atoms with Crippen LogP contribution in [0.25, 0.3) is 0 Å². The molecule has 100 valence electrons. The molecule has 0 saturated carbocycles. The van der Waals surface area contributed by atoms with Crippen molar-refractivity contribution >= 4 is 5.97 Å². The van der Waals surface area contributed by atoms with Gasteiger partial charge in [0.2, 0.25) is 0 Å². The van der Waals surface area contributed by atoms with Gasteiger partial charge in [0.1, 0.15) is 17.2 Å². The molecule has 5 heteroatoms. The second kappa shape index (κ2) is 5.91. The predicted molar refractivity (Wildman–Crippen MR) is 64.0 cm³/mol. The van der Waals surface area contributed by atoms with Crippen LogP contribution >= 0.6 is 0 Å². The van der Waals surface area contributed by atoms with Gasteiger partial charge in [-0.3, -0.25) is 5.32 Å². The van der Waals surface area contributed by atoms with Gasteiger partial charge in [0, 0.05) is 6.07 Å². The number of carbonyl (C=O) groups is 1. The van der Waals surface area contributed by atoms with Gasteiger partial charge in [0.05, 0.1) is 7.11 Å². The largest absolute Gasteiger partial charge is 0.467 e. The zero-order chi connectivity index (χ0) is 13.8. The summed E-state index contributed by atoms with van der Waals surface area (Å²) in [5, 5.41) is 2.96. The third-order valence-electron chi connectivity index (χ3n) is 2.76. The van der Waals surface area contributed by atoms with Gasteiger partial charge in [-0.05, 0) is 37.6 Å². The van der Waals surface area contributed by atoms with E-state index in [1.54, 1.807) is 6.92 Å². The number of halogens is 2. The van der Waals surface area contributed by atoms with Crippen molar-refractivity contribution in [3.05, 3.63) is 35.4 Å². The van der Waals surface area contributed by atoms with Crippen LogP contribution in [0.4, 0.5) is 8.78 Å². The molecule has 1 rings (SSSR count). The highest BCUT2D eigenvalue weighted by Crippen LogP contribution is 2.24. The minimum Gasteiger partial charge on any atom is -0.467 e. The third-order valence-corrected chi connectivity index (χ3v) is 2.76. The molecule has 0 amide bonds. The van der Waals surface area contributed by atoms with Crippen molar-refractivity contribution in [2.24, 2.45) is 0 Å². The highest BCUT2D eigenvalue weighted by atomic mass is 19.1. The van der Waals surface area contributed by atoms with Gasteiger partial charge < -0.3 is 4.74 Å². The van der Waals surface area contributed by atoms with Crippen LogP contribution in [0.1, 0.15) is 25.8 Å². The van der Waals surface area contributed by atoms with E-state index >= 15 is 0 Å². The molecule has 0 heterocycles. The normalized spacial score (nSPS) is 14.1. The topological polar surface area (TPSA) is 38.3 Å². The molecule has 1 N–H and O–H groups in total. The number of methoxy groups -OCH3 is 1. The number of hydrogen-bond acceptors (Lipinski definition) is 3. The Morgan fingerprint density at radius 2 is 1.89 bits per heavy atom. The summed E-state index contributed by atoms with van der Waals surface area (Å²) < 4.78 is 31.2. The van der Waals surface area contributed by atoms with Gasteiger partial charge in [-0.2, -0.15) is 0 Å². The van der Waals surface area contributed by atoms with E-state index in [1.807, 2.05) is 6.92 Å². The van der Waals surface area contributed by atoms with Gasteiger partial charge in [-0.25, -0.2) is 13.6 Å². The lowest BCUT2D eigenvalue weighted by atomic mass is 9.91. The molecule has 0 aromatic heterocycles. The lowest BCUT2D eigenvalue weighted by Gasteiger charge is -2.28. The molecule has 1 aromatic carbocycles. The Kier molecular flexibility index (Phi) is 4.78. The molecule has 0 radical (unpaired) electrons. The zero-order valence-corrected chi connectivity index (χ0v) is 10.7. The van der Waals surface area contributed by atoms with Crippen LogP contribution in [0.5, 0.6) is 0 Å². The summed E-state index contributed by atoms with van der Waals surface area (Å²) in [4.78, 5) is 11.8. The molecule has 0 aliphatic heterocycles. The summed E-state index contributed by atoms with van der Waals surface area (Å²) in [6, 6.07) is 3.02. The maximum absolute atomic E-state index is 13.2. The molecule has 0 spiro atoms. The Morgan fingerprint density at radius 3 is 2.33 bits per heavy atom. The van der Waals surface area contributed by atoms with Crippen molar-refractivity contribution in [2.45, 2.75) is 25.8 Å². The Labute approximate surface area is 105 Å². The van der Waals surface area contributed by atoms with Gasteiger partial charge >= 0.3 is 5.97 Å². The van der Waals surface area contributed by atoms with Crippen molar-refractivity contribution in [2.75, 3.05) is 13.7 Å². The molecule has 0 fully saturated rings. The molecule has 3 nitrogen and oxygen atoms in total. The van der Waals surface area contributed by atoms with Crippen LogP contribution in [-0.4, -0.2) is 19.6 Å². The zero-order valence-electron chi connectivity index (χ0n) is 10.7. The first-order chi connectivity index (χ1) is 8.43. The molecule has 0 aliphatic rings. The smallest absolute Gasteiger partial charge is 0.330 e. The number of carbonyl (C=O) groups excluding carboxylic acids is 1. The van der Waals surface area contributed by atoms with Gasteiger partial charge in [0.15, 0.2) is 0 Å². The van der Waals surface area contributed by atoms with Crippen LogP contribution < -0.4 is 5.32 Å². The lowest BCUT2D eigenvalue weighted by molar-refractivity contribution is -0.148. The maximum atomic E-state index is 13.2. The predicted octanol–water partition coefficient (Wildman–Crippen LogP) is 2.35. The molecule has 1 aromatic rings. The Morgan fingerprint density at radius 1 is 1.33 bits per heavy atom. The molecule has 1 unspecified atom stereocenters. The fraction of sp³-hybridized carbons (Fsp3) is 0.462. The number of rotatable bonds is 5. The third kappa shape index (κ3) is 3.04. The standard InChI is InChI=1S/C13H17F2NO2/c1-4-5-16-13(2,12(17)18-3)9-6-10(14)8-11(15)7-9/h6-8,16H,4-5H2,1-3H3. The summed E-state index contributed by atoms with van der Waals surface area (Å²) in [6.45, 7) is 4.00. The molecule has 0 saturated heterocycles. The molecule has 1 atom stereocenters. The van der Waals surface area contributed by atoms with E-state index in [0.29, 0.717) is 6.54 Å². The van der Waals surface area contributed by atoms with Crippen molar-refractivity contribution < 1.29 is 18.3 Å². The quantitative estimate of drug-likeness (QED) is 0.823. The monoisotopic (exact) mass is 257 g/mol. The average Bonchev–Trinajstić information content (AvgIpc) is 2.33. The molecule has 0 aliphatic carbocycles. The summed E-state index contributed by atoms with van der Waals surface area (Å²) in [5.74, 6) is -2.03. The van der Waals surface area contributed by atoms with Crippen molar-refractivity contribution in [3.63, 3.8) is 0 Å². The summed E-state index contributed by atoms with van der Waals surface area (Å²) >= 11 is 0. The van der Waals surface area contributed by atoms with Crippen molar-refractivity contribution in [3.8, 4) is 0 Å². The highest BCUT2D eigenvalue weighted by Gasteiger charge is 2.36. The second-order valence-electron chi connectivity index (χ2n) is 4.20. The van der Waals surface area contributed by atoms with E-state index in [9.17, 15) is 13.6 Å². The van der Waals surface area contributed by atoms with Crippen LogP contribution in [-0.2, 0) is 15.1 Å². The Hall–Kier alpha value is -1.49. The summed E-state index contributed by atoms with van der Waals surface area (Å²) in [7, 11) is 1.24. The van der Waals surface area contributed by atoms with Crippen LogP contribution in [0.3, 0.4) is 0 Å². The summed E-state index contributed by atoms with van der Waals surface area (Å²) in [6.07, 6.45) is 0.782. The van der Waals surface area contributed by atoms with Crippen LogP contribution in [0, 0.1) is 11.6 Å². The molecular formula is C13H17F2NO2. The average molecular weight is 257 g/mol. The highest BCUT2D eigenvalue weighted by molar-refractivity contribution is 5.82. The first kappa shape index (κ1) is 14.6. The van der Waals surface area contributed by atoms with E-state index < -0.39 is 23.1 Å². The number of esters is 1. The van der Waals surface area contributed by atoms with E-state index in [-0.39, 0.29) is 5.56 Å². The van der Waals surface area contributed by atoms with Gasteiger partial charge in [0.25, 0.3) is 0 Å². The number of nitrogens with one attached hydrogen (secondary N) is 1. The first-order valence-corrected chi connectivity index (χ1v) is 5.74. The number of benzene rings is 1. The second-order valence-corrected chi connectivity index (χ2v) is 4.20. The molecular weight excluding hydrogens is 240 g/mol. The SMILES string of the molecule is CCCNC(C)(C(=O)OC)c1cc(F)cc(F)c1. The van der Waals surface area contributed by atoms with E-state index in [4.69, 9.17) is 4.74 Å². The minimum atomic E-state index is -1.26. The number of hydrogen-bond donors (Lipinski definition) is 1. The van der Waals surface area contributed by atoms with Gasteiger partial charge in [-0.1, -0.05) is 6.92 Å². The molecule has 18 heavy (non-hydrogen) atoms. The Balaban J connectivity index is 3.20. The molecule has 0 bridgehead atoms. The Bertz CT molecular complexity index is 417. The first-order valence-electron chi connectivity index (χ1n) is 5.74. The number of ether oxygens (including phenoxy) is 1. The van der Waals surface area contributed by atoms with E-state index in [2.05, 4.69) is 5.32 Å². The van der Waals surface area contributed by atoms with Crippen LogP contribution in [0.15, 0.2) is 18.2 Å². The van der Waals surface area contributed by atoms with E-state index in [1.165, 1.54) is 7.11 Å². The fourth-order valence-corrected chi connectivity index (χ4v) is 1.71. The van der Waals surface area contributed by atoms with Gasteiger partial charge in [-0.15, -0.1) is 0 Å². The lowest BCUT2D eigenvalue weighted by Crippen LogP contribution is -2.47. The summed E-state index contributed by atoms with van der Waals surface area (Å²) in [5.41, 5.74) is -1.05. The van der Waals surface area contributed by atoms with Crippen molar-refractivity contribution in [1.82, 2.24) is 5.32 Å². The minimum absolute atomic E-state index is 0.209. The van der Waals surface area contributed by atoms with Crippen LogP contribution in [0.2, 0.25) is 0 Å².